The summed E-state index contributed by atoms with van der Waals surface area (Å²) in [5.41, 5.74) is -0.392. The van der Waals surface area contributed by atoms with E-state index in [1.165, 1.54) is 6.92 Å². The van der Waals surface area contributed by atoms with Crippen LogP contribution >= 0.6 is 0 Å². The molecule has 28 heavy (non-hydrogen) atoms. The molecular formula is C19H29N3O6. The van der Waals surface area contributed by atoms with Crippen LogP contribution in [0.25, 0.3) is 0 Å². The Morgan fingerprint density at radius 1 is 1.14 bits per heavy atom. The Balaban J connectivity index is 2.73. The number of benzene rings is 1. The molecule has 0 aromatic heterocycles. The summed E-state index contributed by atoms with van der Waals surface area (Å²) < 4.78 is 5.12. The van der Waals surface area contributed by atoms with Crippen molar-refractivity contribution in [2.75, 3.05) is 13.1 Å². The number of rotatable bonds is 6. The second kappa shape index (κ2) is 10.5. The van der Waals surface area contributed by atoms with Crippen molar-refractivity contribution in [1.82, 2.24) is 15.7 Å². The minimum Gasteiger partial charge on any atom is -0.444 e. The standard InChI is InChI=1S/C19H29N3O6/c1-13(14(2)23)21-17(25)22(12-11-20-18(26)27-19(3,4)5)28-16(24)15-9-7-6-8-10-15/h6-10,13-14,23H,11-12H2,1-5H3,(H,20,26)(H,21,25). The van der Waals surface area contributed by atoms with E-state index in [1.807, 2.05) is 0 Å². The third-order valence-electron chi connectivity index (χ3n) is 3.49. The summed E-state index contributed by atoms with van der Waals surface area (Å²) in [6.45, 7) is 8.19. The minimum absolute atomic E-state index is 0.00649. The molecule has 0 aliphatic carbocycles. The molecule has 3 amide bonds. The molecule has 0 radical (unpaired) electrons. The smallest absolute Gasteiger partial charge is 0.407 e. The molecule has 0 spiro atoms. The number of nitrogens with zero attached hydrogens (tertiary/aromatic N) is 1. The summed E-state index contributed by atoms with van der Waals surface area (Å²) in [7, 11) is 0. The van der Waals surface area contributed by atoms with Gasteiger partial charge in [0.15, 0.2) is 0 Å². The highest BCUT2D eigenvalue weighted by Crippen LogP contribution is 2.07. The lowest BCUT2D eigenvalue weighted by Crippen LogP contribution is -2.50. The van der Waals surface area contributed by atoms with Crippen LogP contribution in [0.2, 0.25) is 0 Å². The van der Waals surface area contributed by atoms with Gasteiger partial charge in [-0.15, -0.1) is 0 Å². The van der Waals surface area contributed by atoms with Crippen LogP contribution < -0.4 is 10.6 Å². The fourth-order valence-corrected chi connectivity index (χ4v) is 1.88. The molecule has 1 aromatic carbocycles. The Kier molecular flexibility index (Phi) is 8.72. The number of amides is 3. The van der Waals surface area contributed by atoms with Crippen LogP contribution in [0.1, 0.15) is 45.0 Å². The van der Waals surface area contributed by atoms with Crippen molar-refractivity contribution in [2.24, 2.45) is 0 Å². The van der Waals surface area contributed by atoms with Gasteiger partial charge in [0.05, 0.1) is 24.3 Å². The van der Waals surface area contributed by atoms with Crippen molar-refractivity contribution in [1.29, 1.82) is 0 Å². The fraction of sp³-hybridized carbons (Fsp3) is 0.526. The fourth-order valence-electron chi connectivity index (χ4n) is 1.88. The number of hydrogen-bond donors (Lipinski definition) is 3. The molecule has 1 rings (SSSR count). The average molecular weight is 395 g/mol. The highest BCUT2D eigenvalue weighted by molar-refractivity contribution is 5.90. The number of carbonyl (C=O) groups is 3. The van der Waals surface area contributed by atoms with Gasteiger partial charge in [-0.3, -0.25) is 0 Å². The molecule has 2 atom stereocenters. The Labute approximate surface area is 164 Å². The first kappa shape index (κ1) is 23.2. The van der Waals surface area contributed by atoms with Crippen molar-refractivity contribution in [3.8, 4) is 0 Å². The number of hydrogen-bond acceptors (Lipinski definition) is 6. The highest BCUT2D eigenvalue weighted by Gasteiger charge is 2.23. The summed E-state index contributed by atoms with van der Waals surface area (Å²) in [5.74, 6) is -0.724. The van der Waals surface area contributed by atoms with Crippen molar-refractivity contribution >= 4 is 18.1 Å². The largest absolute Gasteiger partial charge is 0.444 e. The number of ether oxygens (including phenoxy) is 1. The predicted octanol–water partition coefficient (Wildman–Crippen LogP) is 2.06. The number of urea groups is 1. The van der Waals surface area contributed by atoms with Gasteiger partial charge in [-0.1, -0.05) is 18.2 Å². The first-order valence-electron chi connectivity index (χ1n) is 9.00. The molecule has 0 aliphatic heterocycles. The summed E-state index contributed by atoms with van der Waals surface area (Å²) in [6.07, 6.45) is -1.45. The van der Waals surface area contributed by atoms with Gasteiger partial charge < -0.3 is 25.3 Å². The third-order valence-corrected chi connectivity index (χ3v) is 3.49. The number of carbonyl (C=O) groups excluding carboxylic acids is 3. The molecule has 156 valence electrons. The van der Waals surface area contributed by atoms with E-state index in [4.69, 9.17) is 9.57 Å². The monoisotopic (exact) mass is 395 g/mol. The van der Waals surface area contributed by atoms with E-state index < -0.39 is 35.8 Å². The number of aliphatic hydroxyl groups is 1. The second-order valence-electron chi connectivity index (χ2n) is 7.25. The van der Waals surface area contributed by atoms with E-state index in [2.05, 4.69) is 10.6 Å². The molecule has 0 fully saturated rings. The summed E-state index contributed by atoms with van der Waals surface area (Å²) in [5, 5.41) is 15.4. The van der Waals surface area contributed by atoms with E-state index >= 15 is 0 Å². The van der Waals surface area contributed by atoms with Gasteiger partial charge in [-0.2, -0.15) is 5.06 Å². The first-order chi connectivity index (χ1) is 13.0. The molecule has 3 N–H and O–H groups in total. The van der Waals surface area contributed by atoms with Gasteiger partial charge in [-0.25, -0.2) is 14.4 Å². The lowest BCUT2D eigenvalue weighted by atomic mass is 10.2. The second-order valence-corrected chi connectivity index (χ2v) is 7.25. The van der Waals surface area contributed by atoms with Gasteiger partial charge in [0, 0.05) is 6.54 Å². The van der Waals surface area contributed by atoms with E-state index in [9.17, 15) is 19.5 Å². The van der Waals surface area contributed by atoms with Gasteiger partial charge in [0.25, 0.3) is 0 Å². The molecule has 0 saturated carbocycles. The molecule has 0 heterocycles. The molecule has 0 saturated heterocycles. The lowest BCUT2D eigenvalue weighted by Gasteiger charge is -2.25. The van der Waals surface area contributed by atoms with Crippen LogP contribution in [0.15, 0.2) is 30.3 Å². The van der Waals surface area contributed by atoms with E-state index in [1.54, 1.807) is 58.0 Å². The molecule has 2 unspecified atom stereocenters. The molecular weight excluding hydrogens is 366 g/mol. The predicted molar refractivity (Wildman–Crippen MR) is 102 cm³/mol. The maximum atomic E-state index is 12.4. The molecule has 9 nitrogen and oxygen atoms in total. The van der Waals surface area contributed by atoms with E-state index in [-0.39, 0.29) is 18.7 Å². The number of nitrogens with one attached hydrogen (secondary N) is 2. The zero-order valence-corrected chi connectivity index (χ0v) is 16.9. The summed E-state index contributed by atoms with van der Waals surface area (Å²) >= 11 is 0. The van der Waals surface area contributed by atoms with Gasteiger partial charge in [-0.05, 0) is 46.8 Å². The summed E-state index contributed by atoms with van der Waals surface area (Å²) in [4.78, 5) is 41.6. The van der Waals surface area contributed by atoms with Gasteiger partial charge >= 0.3 is 18.1 Å². The highest BCUT2D eigenvalue weighted by atomic mass is 16.7. The van der Waals surface area contributed by atoms with Crippen molar-refractivity contribution in [2.45, 2.75) is 52.4 Å². The van der Waals surface area contributed by atoms with Crippen molar-refractivity contribution in [3.63, 3.8) is 0 Å². The van der Waals surface area contributed by atoms with Crippen molar-refractivity contribution in [3.05, 3.63) is 35.9 Å². The number of hydroxylamine groups is 2. The normalized spacial score (nSPS) is 13.1. The summed E-state index contributed by atoms with van der Waals surface area (Å²) in [6, 6.07) is 6.90. The van der Waals surface area contributed by atoms with Crippen molar-refractivity contribution < 1.29 is 29.1 Å². The van der Waals surface area contributed by atoms with Gasteiger partial charge in [0.2, 0.25) is 0 Å². The lowest BCUT2D eigenvalue weighted by molar-refractivity contribution is -0.0733. The maximum absolute atomic E-state index is 12.4. The minimum atomic E-state index is -0.796. The van der Waals surface area contributed by atoms with Crippen LogP contribution in [0.5, 0.6) is 0 Å². The quantitative estimate of drug-likeness (QED) is 0.635. The molecule has 9 heteroatoms. The van der Waals surface area contributed by atoms with Crippen LogP contribution in [0.4, 0.5) is 9.59 Å². The number of aliphatic hydroxyl groups excluding tert-OH is 1. The van der Waals surface area contributed by atoms with E-state index in [0.29, 0.717) is 0 Å². The first-order valence-corrected chi connectivity index (χ1v) is 9.00. The number of alkyl carbamates (subject to hydrolysis) is 1. The molecule has 0 bridgehead atoms. The molecule has 0 aliphatic rings. The van der Waals surface area contributed by atoms with Crippen LogP contribution in [0, 0.1) is 0 Å². The zero-order chi connectivity index (χ0) is 21.3. The van der Waals surface area contributed by atoms with Crippen LogP contribution in [-0.4, -0.2) is 59.1 Å². The Hall–Kier alpha value is -2.81. The third kappa shape index (κ3) is 8.72. The SMILES string of the molecule is CC(O)C(C)NC(=O)N(CCNC(=O)OC(C)(C)C)OC(=O)c1ccccc1. The van der Waals surface area contributed by atoms with Gasteiger partial charge in [0.1, 0.15) is 5.60 Å². The average Bonchev–Trinajstić information content (AvgIpc) is 2.59. The molecule has 1 aromatic rings. The van der Waals surface area contributed by atoms with E-state index in [0.717, 1.165) is 5.06 Å². The van der Waals surface area contributed by atoms with Crippen LogP contribution in [-0.2, 0) is 9.57 Å². The maximum Gasteiger partial charge on any atom is 0.407 e. The zero-order valence-electron chi connectivity index (χ0n) is 16.9. The Morgan fingerprint density at radius 3 is 2.29 bits per heavy atom. The Bertz CT molecular complexity index is 657. The Morgan fingerprint density at radius 2 is 1.75 bits per heavy atom. The topological polar surface area (TPSA) is 117 Å². The van der Waals surface area contributed by atoms with Crippen LogP contribution in [0.3, 0.4) is 0 Å².